The Morgan fingerprint density at radius 1 is 1.21 bits per heavy atom. The molecule has 3 N–H and O–H groups in total. The van der Waals surface area contributed by atoms with Crippen molar-refractivity contribution in [1.29, 1.82) is 5.26 Å². The van der Waals surface area contributed by atoms with Gasteiger partial charge in [0.05, 0.1) is 35.0 Å². The predicted molar refractivity (Wildman–Crippen MR) is 110 cm³/mol. The summed E-state index contributed by atoms with van der Waals surface area (Å²) in [5, 5.41) is 26.3. The molecule has 0 radical (unpaired) electrons. The molecule has 1 aliphatic heterocycles. The lowest BCUT2D eigenvalue weighted by molar-refractivity contribution is -0.126. The number of fused-ring (bicyclic) bond motifs is 1. The maximum atomic E-state index is 12.7. The van der Waals surface area contributed by atoms with Crippen LogP contribution in [0.5, 0.6) is 0 Å². The summed E-state index contributed by atoms with van der Waals surface area (Å²) in [4.78, 5) is 14.8. The molecule has 0 aromatic heterocycles. The first kappa shape index (κ1) is 19.7. The van der Waals surface area contributed by atoms with E-state index in [2.05, 4.69) is 16.7 Å². The first-order valence-corrected chi connectivity index (χ1v) is 9.29. The lowest BCUT2D eigenvalue weighted by atomic mass is 9.92. The van der Waals surface area contributed by atoms with Gasteiger partial charge in [0.2, 0.25) is 5.91 Å². The molecular formula is C22H26N4O2. The van der Waals surface area contributed by atoms with Crippen LogP contribution in [0.15, 0.2) is 48.5 Å². The van der Waals surface area contributed by atoms with E-state index in [9.17, 15) is 15.2 Å². The number of nitriles is 1. The van der Waals surface area contributed by atoms with Crippen molar-refractivity contribution in [2.75, 3.05) is 10.2 Å². The average molecular weight is 378 g/mol. The number of aliphatic hydroxyl groups is 1. The van der Waals surface area contributed by atoms with Gasteiger partial charge in [-0.1, -0.05) is 30.3 Å². The lowest BCUT2D eigenvalue weighted by Crippen LogP contribution is -2.57. The van der Waals surface area contributed by atoms with E-state index in [1.807, 2.05) is 68.1 Å². The SMILES string of the molecule is CC(C)(C)N1c2cc(C#N)ccc2NC1NC(=O)C[C@](C)(O)c1ccccc1. The maximum absolute atomic E-state index is 12.7. The van der Waals surface area contributed by atoms with Crippen molar-refractivity contribution < 1.29 is 9.90 Å². The van der Waals surface area contributed by atoms with Gasteiger partial charge in [0.25, 0.3) is 0 Å². The smallest absolute Gasteiger partial charge is 0.226 e. The van der Waals surface area contributed by atoms with Crippen LogP contribution in [0.4, 0.5) is 11.4 Å². The number of anilines is 2. The zero-order valence-electron chi connectivity index (χ0n) is 16.7. The standard InChI is InChI=1S/C22H26N4O2/c1-21(2,3)26-18-12-15(14-23)10-11-17(18)24-20(26)25-19(27)13-22(4,28)16-8-6-5-7-9-16/h5-12,20,24,28H,13H2,1-4H3,(H,25,27)/t20?,22-/m0/s1. The minimum Gasteiger partial charge on any atom is -0.385 e. The minimum atomic E-state index is -1.27. The van der Waals surface area contributed by atoms with Gasteiger partial charge in [-0.05, 0) is 51.5 Å². The molecule has 0 saturated carbocycles. The fraction of sp³-hybridized carbons (Fsp3) is 0.364. The fourth-order valence-corrected chi connectivity index (χ4v) is 3.54. The molecule has 2 aromatic rings. The zero-order chi connectivity index (χ0) is 20.5. The van der Waals surface area contributed by atoms with E-state index in [1.165, 1.54) is 0 Å². The van der Waals surface area contributed by atoms with Gasteiger partial charge in [-0.15, -0.1) is 0 Å². The third-order valence-corrected chi connectivity index (χ3v) is 4.86. The van der Waals surface area contributed by atoms with Gasteiger partial charge in [-0.2, -0.15) is 5.26 Å². The topological polar surface area (TPSA) is 88.4 Å². The van der Waals surface area contributed by atoms with Crippen LogP contribution in [-0.4, -0.2) is 22.8 Å². The third-order valence-electron chi connectivity index (χ3n) is 4.86. The van der Waals surface area contributed by atoms with E-state index in [-0.39, 0.29) is 17.9 Å². The largest absolute Gasteiger partial charge is 0.385 e. The van der Waals surface area contributed by atoms with E-state index in [4.69, 9.17) is 0 Å². The molecule has 0 aliphatic carbocycles. The second kappa shape index (κ2) is 7.17. The van der Waals surface area contributed by atoms with Crippen molar-refractivity contribution in [3.63, 3.8) is 0 Å². The Labute approximate surface area is 165 Å². The quantitative estimate of drug-likeness (QED) is 0.760. The number of hydrogen-bond donors (Lipinski definition) is 3. The highest BCUT2D eigenvalue weighted by molar-refractivity contribution is 5.83. The molecule has 28 heavy (non-hydrogen) atoms. The first-order valence-electron chi connectivity index (χ1n) is 9.29. The van der Waals surface area contributed by atoms with Crippen LogP contribution >= 0.6 is 0 Å². The fourth-order valence-electron chi connectivity index (χ4n) is 3.54. The highest BCUT2D eigenvalue weighted by Gasteiger charge is 2.38. The predicted octanol–water partition coefficient (Wildman–Crippen LogP) is 3.29. The Balaban J connectivity index is 1.80. The van der Waals surface area contributed by atoms with Crippen molar-refractivity contribution in [1.82, 2.24) is 5.32 Å². The molecule has 2 atom stereocenters. The Kier molecular flexibility index (Phi) is 5.05. The Morgan fingerprint density at radius 3 is 2.50 bits per heavy atom. The summed E-state index contributed by atoms with van der Waals surface area (Å²) in [7, 11) is 0. The van der Waals surface area contributed by atoms with Gasteiger partial charge < -0.3 is 20.6 Å². The van der Waals surface area contributed by atoms with E-state index in [0.29, 0.717) is 11.1 Å². The minimum absolute atomic E-state index is 0.0625. The molecule has 0 spiro atoms. The Hall–Kier alpha value is -3.04. The van der Waals surface area contributed by atoms with Crippen LogP contribution in [0.2, 0.25) is 0 Å². The lowest BCUT2D eigenvalue weighted by Gasteiger charge is -2.39. The number of amides is 1. The van der Waals surface area contributed by atoms with Crippen LogP contribution in [-0.2, 0) is 10.4 Å². The van der Waals surface area contributed by atoms with Gasteiger partial charge in [-0.25, -0.2) is 0 Å². The van der Waals surface area contributed by atoms with Crippen molar-refractivity contribution in [3.8, 4) is 6.07 Å². The molecule has 1 aliphatic rings. The van der Waals surface area contributed by atoms with E-state index < -0.39 is 11.9 Å². The number of benzene rings is 2. The molecule has 0 fully saturated rings. The number of rotatable bonds is 4. The summed E-state index contributed by atoms with van der Waals surface area (Å²) < 4.78 is 0. The van der Waals surface area contributed by atoms with Crippen LogP contribution in [0.1, 0.15) is 45.2 Å². The number of nitrogens with one attached hydrogen (secondary N) is 2. The molecular weight excluding hydrogens is 352 g/mol. The highest BCUT2D eigenvalue weighted by atomic mass is 16.3. The number of nitrogens with zero attached hydrogens (tertiary/aromatic N) is 2. The molecule has 3 rings (SSSR count). The molecule has 0 saturated heterocycles. The van der Waals surface area contributed by atoms with E-state index in [1.54, 1.807) is 13.0 Å². The van der Waals surface area contributed by atoms with Crippen LogP contribution in [0, 0.1) is 11.3 Å². The molecule has 6 heteroatoms. The third kappa shape index (κ3) is 3.95. The molecule has 2 aromatic carbocycles. The molecule has 6 nitrogen and oxygen atoms in total. The monoisotopic (exact) mass is 378 g/mol. The summed E-state index contributed by atoms with van der Waals surface area (Å²) in [5.41, 5.74) is 1.41. The second-order valence-electron chi connectivity index (χ2n) is 8.32. The van der Waals surface area contributed by atoms with Crippen LogP contribution < -0.4 is 15.5 Å². The Morgan fingerprint density at radius 2 is 1.89 bits per heavy atom. The maximum Gasteiger partial charge on any atom is 0.226 e. The van der Waals surface area contributed by atoms with Crippen molar-refractivity contribution in [3.05, 3.63) is 59.7 Å². The summed E-state index contributed by atoms with van der Waals surface area (Å²) in [6, 6.07) is 16.7. The molecule has 146 valence electrons. The zero-order valence-corrected chi connectivity index (χ0v) is 16.7. The molecule has 1 heterocycles. The number of carbonyl (C=O) groups is 1. The van der Waals surface area contributed by atoms with Gasteiger partial charge in [0, 0.05) is 5.54 Å². The van der Waals surface area contributed by atoms with Crippen LogP contribution in [0.25, 0.3) is 0 Å². The van der Waals surface area contributed by atoms with Crippen molar-refractivity contribution in [2.24, 2.45) is 0 Å². The van der Waals surface area contributed by atoms with Gasteiger partial charge in [0.15, 0.2) is 6.29 Å². The second-order valence-corrected chi connectivity index (χ2v) is 8.32. The average Bonchev–Trinajstić information content (AvgIpc) is 2.98. The normalized spacial score (nSPS) is 17.9. The van der Waals surface area contributed by atoms with E-state index in [0.717, 1.165) is 11.4 Å². The Bertz CT molecular complexity index is 910. The molecule has 1 unspecified atom stereocenters. The molecule has 1 amide bonds. The summed E-state index contributed by atoms with van der Waals surface area (Å²) in [5.74, 6) is -0.270. The summed E-state index contributed by atoms with van der Waals surface area (Å²) >= 11 is 0. The van der Waals surface area contributed by atoms with Crippen LogP contribution in [0.3, 0.4) is 0 Å². The number of carbonyl (C=O) groups excluding carboxylic acids is 1. The molecule has 0 bridgehead atoms. The number of hydrogen-bond acceptors (Lipinski definition) is 5. The van der Waals surface area contributed by atoms with E-state index >= 15 is 0 Å². The summed E-state index contributed by atoms with van der Waals surface area (Å²) in [6.45, 7) is 7.77. The highest BCUT2D eigenvalue weighted by Crippen LogP contribution is 2.39. The van der Waals surface area contributed by atoms with Crippen molar-refractivity contribution >= 4 is 17.3 Å². The summed E-state index contributed by atoms with van der Waals surface area (Å²) in [6.07, 6.45) is -0.532. The van der Waals surface area contributed by atoms with Gasteiger partial charge >= 0.3 is 0 Å². The van der Waals surface area contributed by atoms with Gasteiger partial charge in [0.1, 0.15) is 0 Å². The first-order chi connectivity index (χ1) is 13.1. The van der Waals surface area contributed by atoms with Gasteiger partial charge in [-0.3, -0.25) is 4.79 Å². The van der Waals surface area contributed by atoms with Crippen molar-refractivity contribution in [2.45, 2.75) is 51.5 Å².